The number of hydrogen-bond acceptors (Lipinski definition) is 5. The van der Waals surface area contributed by atoms with Crippen LogP contribution in [0.5, 0.6) is 5.88 Å². The number of anilines is 1. The lowest BCUT2D eigenvalue weighted by Crippen LogP contribution is -2.30. The number of rotatable bonds is 5. The zero-order valence-electron chi connectivity index (χ0n) is 13.8. The van der Waals surface area contributed by atoms with E-state index in [1.165, 1.54) is 7.11 Å². The van der Waals surface area contributed by atoms with Crippen molar-refractivity contribution >= 4 is 22.8 Å². The number of benzene rings is 1. The Labute approximate surface area is 138 Å². The van der Waals surface area contributed by atoms with Crippen molar-refractivity contribution in [2.24, 2.45) is 7.05 Å². The molecule has 2 N–H and O–H groups in total. The van der Waals surface area contributed by atoms with Gasteiger partial charge in [0.05, 0.1) is 13.3 Å². The van der Waals surface area contributed by atoms with E-state index in [1.807, 2.05) is 25.1 Å². The number of oxazole rings is 1. The molecule has 3 aromatic rings. The molecule has 0 radical (unpaired) electrons. The van der Waals surface area contributed by atoms with Gasteiger partial charge in [-0.1, -0.05) is 12.1 Å². The number of aryl methyl sites for hydroxylation is 2. The predicted molar refractivity (Wildman–Crippen MR) is 89.2 cm³/mol. The third kappa shape index (κ3) is 3.32. The average molecular weight is 329 g/mol. The molecular formula is C16H19N5O3. The van der Waals surface area contributed by atoms with Crippen LogP contribution in [0.2, 0.25) is 0 Å². The summed E-state index contributed by atoms with van der Waals surface area (Å²) in [5.41, 5.74) is 3.15. The van der Waals surface area contributed by atoms with Gasteiger partial charge in [-0.3, -0.25) is 4.68 Å². The van der Waals surface area contributed by atoms with Crippen molar-refractivity contribution < 1.29 is 13.9 Å². The van der Waals surface area contributed by atoms with E-state index in [1.54, 1.807) is 17.9 Å². The van der Waals surface area contributed by atoms with E-state index in [4.69, 9.17) is 9.15 Å². The zero-order chi connectivity index (χ0) is 17.1. The van der Waals surface area contributed by atoms with Crippen LogP contribution in [-0.2, 0) is 13.5 Å². The van der Waals surface area contributed by atoms with E-state index in [0.29, 0.717) is 30.4 Å². The monoisotopic (exact) mass is 329 g/mol. The van der Waals surface area contributed by atoms with Crippen molar-refractivity contribution in [2.75, 3.05) is 19.0 Å². The first-order chi connectivity index (χ1) is 11.6. The first kappa shape index (κ1) is 15.9. The minimum absolute atomic E-state index is 0.315. The molecule has 1 aromatic carbocycles. The quantitative estimate of drug-likeness (QED) is 0.748. The van der Waals surface area contributed by atoms with Crippen LogP contribution in [0.1, 0.15) is 11.5 Å². The minimum atomic E-state index is -0.315. The maximum absolute atomic E-state index is 12.0. The third-order valence-corrected chi connectivity index (χ3v) is 3.53. The van der Waals surface area contributed by atoms with Gasteiger partial charge in [0.25, 0.3) is 5.88 Å². The Bertz CT molecular complexity index is 868. The van der Waals surface area contributed by atoms with E-state index < -0.39 is 0 Å². The van der Waals surface area contributed by atoms with Gasteiger partial charge in [-0.05, 0) is 18.1 Å². The number of nitrogens with zero attached hydrogens (tertiary/aromatic N) is 3. The second-order valence-electron chi connectivity index (χ2n) is 5.35. The molecule has 2 heterocycles. The fraction of sp³-hybridized carbons (Fsp3) is 0.312. The first-order valence-corrected chi connectivity index (χ1v) is 7.54. The van der Waals surface area contributed by atoms with Crippen molar-refractivity contribution in [2.45, 2.75) is 13.3 Å². The largest absolute Gasteiger partial charge is 0.478 e. The number of ether oxygens (including phenoxy) is 1. The number of carbonyl (C=O) groups is 1. The molecule has 0 aliphatic carbocycles. The first-order valence-electron chi connectivity index (χ1n) is 7.54. The molecule has 0 aliphatic heterocycles. The highest BCUT2D eigenvalue weighted by Crippen LogP contribution is 2.21. The van der Waals surface area contributed by atoms with Crippen LogP contribution in [0.3, 0.4) is 0 Å². The van der Waals surface area contributed by atoms with Crippen molar-refractivity contribution in [3.8, 4) is 5.88 Å². The number of methoxy groups -OCH3 is 1. The van der Waals surface area contributed by atoms with Gasteiger partial charge in [-0.15, -0.1) is 5.10 Å². The Hall–Kier alpha value is -3.03. The molecule has 0 saturated heterocycles. The van der Waals surface area contributed by atoms with Crippen molar-refractivity contribution in [3.63, 3.8) is 0 Å². The minimum Gasteiger partial charge on any atom is -0.478 e. The number of fused-ring (bicyclic) bond motifs is 1. The molecule has 0 bridgehead atoms. The number of amides is 2. The van der Waals surface area contributed by atoms with Gasteiger partial charge in [-0.2, -0.15) is 0 Å². The van der Waals surface area contributed by atoms with Gasteiger partial charge in [0.1, 0.15) is 11.2 Å². The summed E-state index contributed by atoms with van der Waals surface area (Å²) < 4.78 is 12.2. The summed E-state index contributed by atoms with van der Waals surface area (Å²) in [6, 6.07) is 5.47. The van der Waals surface area contributed by atoms with E-state index in [9.17, 15) is 4.79 Å². The molecule has 126 valence electrons. The van der Waals surface area contributed by atoms with Crippen LogP contribution in [-0.4, -0.2) is 34.5 Å². The summed E-state index contributed by atoms with van der Waals surface area (Å²) in [5, 5.41) is 9.61. The molecule has 2 aromatic heterocycles. The normalized spacial score (nSPS) is 10.8. The number of carbonyl (C=O) groups excluding carboxylic acids is 1. The molecule has 24 heavy (non-hydrogen) atoms. The standard InChI is InChI=1S/C16H19N5O3/c1-10-18-14-11(5-4-6-13(14)24-10)7-8-17-16(22)19-12-9-21(2)20-15(12)23-3/h4-6,9H,7-8H2,1-3H3,(H2,17,19,22). The predicted octanol–water partition coefficient (Wildman–Crippen LogP) is 2.24. The summed E-state index contributed by atoms with van der Waals surface area (Å²) in [6.45, 7) is 2.29. The van der Waals surface area contributed by atoms with Gasteiger partial charge < -0.3 is 19.8 Å². The molecule has 0 unspecified atom stereocenters. The Morgan fingerprint density at radius 1 is 1.42 bits per heavy atom. The highest BCUT2D eigenvalue weighted by atomic mass is 16.5. The Balaban J connectivity index is 1.58. The molecule has 0 atom stereocenters. The summed E-state index contributed by atoms with van der Waals surface area (Å²) in [7, 11) is 3.26. The van der Waals surface area contributed by atoms with Gasteiger partial charge >= 0.3 is 6.03 Å². The molecule has 0 aliphatic rings. The molecule has 2 amide bonds. The Kier molecular flexibility index (Phi) is 4.37. The molecule has 0 fully saturated rings. The highest BCUT2D eigenvalue weighted by molar-refractivity contribution is 5.90. The molecule has 0 saturated carbocycles. The van der Waals surface area contributed by atoms with Crippen LogP contribution in [0.4, 0.5) is 10.5 Å². The Morgan fingerprint density at radius 2 is 2.25 bits per heavy atom. The summed E-state index contributed by atoms with van der Waals surface area (Å²) in [6.07, 6.45) is 2.33. The van der Waals surface area contributed by atoms with E-state index in [-0.39, 0.29) is 6.03 Å². The summed E-state index contributed by atoms with van der Waals surface area (Å²) in [5.74, 6) is 1.00. The average Bonchev–Trinajstić information content (AvgIpc) is 3.09. The maximum Gasteiger partial charge on any atom is 0.319 e. The summed E-state index contributed by atoms with van der Waals surface area (Å²) >= 11 is 0. The number of nitrogens with one attached hydrogen (secondary N) is 2. The second kappa shape index (κ2) is 6.61. The third-order valence-electron chi connectivity index (χ3n) is 3.53. The van der Waals surface area contributed by atoms with E-state index in [0.717, 1.165) is 16.7 Å². The zero-order valence-corrected chi connectivity index (χ0v) is 13.8. The van der Waals surface area contributed by atoms with Crippen molar-refractivity contribution in [1.29, 1.82) is 0 Å². The molecule has 0 spiro atoms. The lowest BCUT2D eigenvalue weighted by Gasteiger charge is -2.07. The molecule has 3 rings (SSSR count). The smallest absolute Gasteiger partial charge is 0.319 e. The number of hydrogen-bond donors (Lipinski definition) is 2. The van der Waals surface area contributed by atoms with Crippen molar-refractivity contribution in [1.82, 2.24) is 20.1 Å². The van der Waals surface area contributed by atoms with Gasteiger partial charge in [0, 0.05) is 20.5 Å². The molecular weight excluding hydrogens is 310 g/mol. The Morgan fingerprint density at radius 3 is 3.04 bits per heavy atom. The van der Waals surface area contributed by atoms with Crippen LogP contribution in [0.25, 0.3) is 11.1 Å². The van der Waals surface area contributed by atoms with Gasteiger partial charge in [0.2, 0.25) is 0 Å². The van der Waals surface area contributed by atoms with Crippen LogP contribution < -0.4 is 15.4 Å². The highest BCUT2D eigenvalue weighted by Gasteiger charge is 2.11. The fourth-order valence-corrected chi connectivity index (χ4v) is 2.50. The molecule has 8 heteroatoms. The van der Waals surface area contributed by atoms with Crippen LogP contribution in [0, 0.1) is 6.92 Å². The number of para-hydroxylation sites is 1. The lowest BCUT2D eigenvalue weighted by atomic mass is 10.1. The second-order valence-corrected chi connectivity index (χ2v) is 5.35. The fourth-order valence-electron chi connectivity index (χ4n) is 2.50. The van der Waals surface area contributed by atoms with E-state index in [2.05, 4.69) is 20.7 Å². The van der Waals surface area contributed by atoms with Gasteiger partial charge in [0.15, 0.2) is 11.5 Å². The molecule has 8 nitrogen and oxygen atoms in total. The SMILES string of the molecule is COc1nn(C)cc1NC(=O)NCCc1cccc2oc(C)nc12. The number of urea groups is 1. The summed E-state index contributed by atoms with van der Waals surface area (Å²) in [4.78, 5) is 16.4. The van der Waals surface area contributed by atoms with Crippen LogP contribution in [0.15, 0.2) is 28.8 Å². The van der Waals surface area contributed by atoms with Crippen LogP contribution >= 0.6 is 0 Å². The van der Waals surface area contributed by atoms with Crippen molar-refractivity contribution in [3.05, 3.63) is 35.9 Å². The maximum atomic E-state index is 12.0. The van der Waals surface area contributed by atoms with E-state index >= 15 is 0 Å². The van der Waals surface area contributed by atoms with Gasteiger partial charge in [-0.25, -0.2) is 9.78 Å². The number of aromatic nitrogens is 3. The topological polar surface area (TPSA) is 94.2 Å². The lowest BCUT2D eigenvalue weighted by molar-refractivity contribution is 0.252.